The van der Waals surface area contributed by atoms with Crippen LogP contribution in [0.15, 0.2) is 53.3 Å². The molecule has 3 aromatic rings. The minimum Gasteiger partial charge on any atom is -0.406 e. The van der Waals surface area contributed by atoms with Gasteiger partial charge in [-0.1, -0.05) is 29.5 Å². The Morgan fingerprint density at radius 3 is 2.50 bits per heavy atom. The molecule has 0 saturated heterocycles. The second-order valence-electron chi connectivity index (χ2n) is 5.76. The van der Waals surface area contributed by atoms with Gasteiger partial charge in [0.25, 0.3) is 5.56 Å². The largest absolute Gasteiger partial charge is 0.573 e. The van der Waals surface area contributed by atoms with Gasteiger partial charge >= 0.3 is 6.36 Å². The van der Waals surface area contributed by atoms with Crippen LogP contribution >= 0.6 is 0 Å². The quantitative estimate of drug-likeness (QED) is 0.697. The number of aromatic nitrogens is 3. The van der Waals surface area contributed by atoms with Crippen LogP contribution in [0.25, 0.3) is 10.9 Å². The van der Waals surface area contributed by atoms with Crippen LogP contribution in [0.1, 0.15) is 5.56 Å². The van der Waals surface area contributed by atoms with E-state index < -0.39 is 6.36 Å². The number of hydrogen-bond donors (Lipinski definition) is 0. The van der Waals surface area contributed by atoms with Gasteiger partial charge in [0.1, 0.15) is 11.3 Å². The fourth-order valence-electron chi connectivity index (χ4n) is 2.50. The summed E-state index contributed by atoms with van der Waals surface area (Å²) in [5.41, 5.74) is 1.04. The Morgan fingerprint density at radius 1 is 1.12 bits per heavy atom. The third-order valence-electron chi connectivity index (χ3n) is 3.61. The maximum atomic E-state index is 12.4. The summed E-state index contributed by atoms with van der Waals surface area (Å²) in [5.74, 6) is -0.277. The minimum atomic E-state index is -4.71. The summed E-state index contributed by atoms with van der Waals surface area (Å²) in [6, 6.07) is 12.5. The van der Waals surface area contributed by atoms with Crippen molar-refractivity contribution in [3.8, 4) is 5.75 Å². The van der Waals surface area contributed by atoms with Gasteiger partial charge in [-0.3, -0.25) is 9.69 Å². The standard InChI is InChI=1S/C17H15F3N4O2/c1-23(10-12-6-8-13(9-7-12)26-17(18,19)20)11-24-16(25)14-4-2-3-5-15(14)21-22-24/h2-9H,10-11H2,1H3. The van der Waals surface area contributed by atoms with Crippen molar-refractivity contribution >= 4 is 10.9 Å². The van der Waals surface area contributed by atoms with Crippen LogP contribution in [0.4, 0.5) is 13.2 Å². The highest BCUT2D eigenvalue weighted by atomic mass is 19.4. The van der Waals surface area contributed by atoms with E-state index >= 15 is 0 Å². The third-order valence-corrected chi connectivity index (χ3v) is 3.61. The van der Waals surface area contributed by atoms with E-state index in [1.54, 1.807) is 36.2 Å². The van der Waals surface area contributed by atoms with Crippen LogP contribution < -0.4 is 10.3 Å². The van der Waals surface area contributed by atoms with Crippen molar-refractivity contribution in [1.82, 2.24) is 19.9 Å². The molecule has 136 valence electrons. The van der Waals surface area contributed by atoms with Crippen LogP contribution in [0, 0.1) is 0 Å². The van der Waals surface area contributed by atoms with Gasteiger partial charge in [0, 0.05) is 6.54 Å². The molecule has 0 radical (unpaired) electrons. The van der Waals surface area contributed by atoms with Crippen molar-refractivity contribution in [2.75, 3.05) is 7.05 Å². The molecule has 1 aromatic heterocycles. The SMILES string of the molecule is CN(Cc1ccc(OC(F)(F)F)cc1)Cn1nnc2ccccc2c1=O. The Bertz CT molecular complexity index is 955. The van der Waals surface area contributed by atoms with E-state index in [4.69, 9.17) is 0 Å². The molecule has 1 heterocycles. The molecule has 0 atom stereocenters. The van der Waals surface area contributed by atoms with E-state index in [0.717, 1.165) is 5.56 Å². The summed E-state index contributed by atoms with van der Waals surface area (Å²) >= 11 is 0. The number of ether oxygens (including phenoxy) is 1. The molecule has 2 aromatic carbocycles. The Balaban J connectivity index is 1.68. The summed E-state index contributed by atoms with van der Waals surface area (Å²) in [4.78, 5) is 14.2. The second-order valence-corrected chi connectivity index (χ2v) is 5.76. The van der Waals surface area contributed by atoms with Gasteiger partial charge in [-0.2, -0.15) is 4.68 Å². The highest BCUT2D eigenvalue weighted by molar-refractivity contribution is 5.76. The highest BCUT2D eigenvalue weighted by Gasteiger charge is 2.30. The number of benzene rings is 2. The molecule has 9 heteroatoms. The van der Waals surface area contributed by atoms with Crippen LogP contribution in [0.3, 0.4) is 0 Å². The second kappa shape index (κ2) is 7.12. The maximum Gasteiger partial charge on any atom is 0.573 e. The number of rotatable bonds is 5. The maximum absolute atomic E-state index is 12.4. The molecular weight excluding hydrogens is 349 g/mol. The van der Waals surface area contributed by atoms with E-state index in [1.165, 1.54) is 28.9 Å². The summed E-state index contributed by atoms with van der Waals surface area (Å²) in [5, 5.41) is 8.40. The predicted molar refractivity (Wildman–Crippen MR) is 88.4 cm³/mol. The molecule has 26 heavy (non-hydrogen) atoms. The summed E-state index contributed by atoms with van der Waals surface area (Å²) in [6.07, 6.45) is -4.71. The molecule has 0 spiro atoms. The van der Waals surface area contributed by atoms with Gasteiger partial charge in [0.15, 0.2) is 0 Å². The van der Waals surface area contributed by atoms with Crippen molar-refractivity contribution in [3.63, 3.8) is 0 Å². The van der Waals surface area contributed by atoms with Crippen molar-refractivity contribution in [1.29, 1.82) is 0 Å². The number of halogens is 3. The summed E-state index contributed by atoms with van der Waals surface area (Å²) in [6.45, 7) is 0.602. The lowest BCUT2D eigenvalue weighted by atomic mass is 10.2. The molecule has 0 unspecified atom stereocenters. The first-order valence-corrected chi connectivity index (χ1v) is 7.67. The number of nitrogens with zero attached hydrogens (tertiary/aromatic N) is 4. The highest BCUT2D eigenvalue weighted by Crippen LogP contribution is 2.23. The molecule has 0 fully saturated rings. The lowest BCUT2D eigenvalue weighted by molar-refractivity contribution is -0.274. The van der Waals surface area contributed by atoms with E-state index in [0.29, 0.717) is 17.4 Å². The van der Waals surface area contributed by atoms with Gasteiger partial charge in [-0.05, 0) is 36.9 Å². The Morgan fingerprint density at radius 2 is 1.81 bits per heavy atom. The molecule has 0 N–H and O–H groups in total. The molecule has 0 aliphatic heterocycles. The van der Waals surface area contributed by atoms with Crippen LogP contribution in [0.5, 0.6) is 5.75 Å². The first kappa shape index (κ1) is 17.9. The lowest BCUT2D eigenvalue weighted by Gasteiger charge is -2.17. The number of hydrogen-bond acceptors (Lipinski definition) is 5. The van der Waals surface area contributed by atoms with Crippen molar-refractivity contribution in [2.45, 2.75) is 19.6 Å². The molecule has 0 amide bonds. The zero-order chi connectivity index (χ0) is 18.7. The summed E-state index contributed by atoms with van der Waals surface area (Å²) in [7, 11) is 1.77. The minimum absolute atomic E-state index is 0.192. The van der Waals surface area contributed by atoms with E-state index in [1.807, 2.05) is 0 Å². The van der Waals surface area contributed by atoms with E-state index in [2.05, 4.69) is 15.0 Å². The zero-order valence-electron chi connectivity index (χ0n) is 13.8. The van der Waals surface area contributed by atoms with Crippen LogP contribution in [0.2, 0.25) is 0 Å². The van der Waals surface area contributed by atoms with Gasteiger partial charge < -0.3 is 4.74 Å². The molecule has 0 bridgehead atoms. The molecule has 6 nitrogen and oxygen atoms in total. The Hall–Kier alpha value is -2.94. The lowest BCUT2D eigenvalue weighted by Crippen LogP contribution is -2.32. The average Bonchev–Trinajstić information content (AvgIpc) is 2.58. The first-order valence-electron chi connectivity index (χ1n) is 7.67. The van der Waals surface area contributed by atoms with E-state index in [9.17, 15) is 18.0 Å². The van der Waals surface area contributed by atoms with Crippen molar-refractivity contribution in [2.24, 2.45) is 0 Å². The van der Waals surface area contributed by atoms with Crippen LogP contribution in [-0.2, 0) is 13.2 Å². The predicted octanol–water partition coefficient (Wildman–Crippen LogP) is 2.78. The fourth-order valence-corrected chi connectivity index (χ4v) is 2.50. The fraction of sp³-hybridized carbons (Fsp3) is 0.235. The topological polar surface area (TPSA) is 60.2 Å². The Kier molecular flexibility index (Phi) is 4.90. The zero-order valence-corrected chi connectivity index (χ0v) is 13.8. The smallest absolute Gasteiger partial charge is 0.406 e. The van der Waals surface area contributed by atoms with Gasteiger partial charge in [-0.15, -0.1) is 18.3 Å². The third kappa shape index (κ3) is 4.37. The van der Waals surface area contributed by atoms with Gasteiger partial charge in [0.05, 0.1) is 12.1 Å². The summed E-state index contributed by atoms with van der Waals surface area (Å²) < 4.78 is 41.6. The van der Waals surface area contributed by atoms with Crippen molar-refractivity contribution in [3.05, 3.63) is 64.4 Å². The number of alkyl halides is 3. The van der Waals surface area contributed by atoms with E-state index in [-0.39, 0.29) is 18.0 Å². The van der Waals surface area contributed by atoms with Gasteiger partial charge in [-0.25, -0.2) is 0 Å². The molecule has 0 aliphatic carbocycles. The van der Waals surface area contributed by atoms with Crippen molar-refractivity contribution < 1.29 is 17.9 Å². The average molecular weight is 364 g/mol. The molecular formula is C17H15F3N4O2. The molecule has 0 saturated carbocycles. The van der Waals surface area contributed by atoms with Gasteiger partial charge in [0.2, 0.25) is 0 Å². The first-order chi connectivity index (χ1) is 12.3. The van der Waals surface area contributed by atoms with Crippen LogP contribution in [-0.4, -0.2) is 33.3 Å². The molecule has 0 aliphatic rings. The number of fused-ring (bicyclic) bond motifs is 1. The Labute approximate surface area is 146 Å². The molecule has 3 rings (SSSR count). The monoisotopic (exact) mass is 364 g/mol. The normalized spacial score (nSPS) is 11.9.